The van der Waals surface area contributed by atoms with Crippen molar-refractivity contribution in [2.75, 3.05) is 26.8 Å². The molecule has 1 fully saturated rings. The zero-order valence-electron chi connectivity index (χ0n) is 11.8. The second kappa shape index (κ2) is 7.11. The first kappa shape index (κ1) is 15.4. The molecule has 0 aliphatic carbocycles. The van der Waals surface area contributed by atoms with Crippen molar-refractivity contribution >= 4 is 11.8 Å². The van der Waals surface area contributed by atoms with Gasteiger partial charge in [-0.1, -0.05) is 0 Å². The van der Waals surface area contributed by atoms with E-state index < -0.39 is 0 Å². The molecule has 1 saturated heterocycles. The third kappa shape index (κ3) is 3.75. The van der Waals surface area contributed by atoms with Crippen molar-refractivity contribution in [1.29, 1.82) is 0 Å². The van der Waals surface area contributed by atoms with Crippen molar-refractivity contribution in [3.63, 3.8) is 0 Å². The predicted octanol–water partition coefficient (Wildman–Crippen LogP) is -1.37. The minimum Gasteiger partial charge on any atom is -0.378 e. The van der Waals surface area contributed by atoms with E-state index in [2.05, 4.69) is 15.7 Å². The SMILES string of the molecule is CNC(=O)C1COCCN1Cc1ccc(C(=O)NN)cn1. The van der Waals surface area contributed by atoms with Crippen molar-refractivity contribution in [3.8, 4) is 0 Å². The minimum absolute atomic E-state index is 0.0752. The van der Waals surface area contributed by atoms with E-state index in [4.69, 9.17) is 10.6 Å². The quantitative estimate of drug-likeness (QED) is 0.359. The van der Waals surface area contributed by atoms with Gasteiger partial charge in [0.1, 0.15) is 6.04 Å². The number of aromatic nitrogens is 1. The third-order valence-corrected chi connectivity index (χ3v) is 3.37. The lowest BCUT2D eigenvalue weighted by Crippen LogP contribution is -2.52. The highest BCUT2D eigenvalue weighted by Gasteiger charge is 2.28. The minimum atomic E-state index is -0.386. The van der Waals surface area contributed by atoms with Gasteiger partial charge in [0.15, 0.2) is 0 Å². The van der Waals surface area contributed by atoms with E-state index in [0.29, 0.717) is 31.9 Å². The molecular formula is C13H19N5O3. The Kier molecular flexibility index (Phi) is 5.20. The molecule has 8 nitrogen and oxygen atoms in total. The van der Waals surface area contributed by atoms with Gasteiger partial charge >= 0.3 is 0 Å². The number of pyridine rings is 1. The van der Waals surface area contributed by atoms with Crippen LogP contribution in [0.2, 0.25) is 0 Å². The molecule has 1 unspecified atom stereocenters. The summed E-state index contributed by atoms with van der Waals surface area (Å²) in [7, 11) is 1.60. The van der Waals surface area contributed by atoms with Crippen molar-refractivity contribution in [2.45, 2.75) is 12.6 Å². The summed E-state index contributed by atoms with van der Waals surface area (Å²) in [5, 5.41) is 2.63. The van der Waals surface area contributed by atoms with Gasteiger partial charge in [0.2, 0.25) is 5.91 Å². The molecule has 1 atom stereocenters. The molecule has 0 saturated carbocycles. The molecule has 1 aliphatic rings. The summed E-state index contributed by atoms with van der Waals surface area (Å²) < 4.78 is 5.35. The lowest BCUT2D eigenvalue weighted by molar-refractivity contribution is -0.132. The molecule has 0 aromatic carbocycles. The number of rotatable bonds is 4. The fourth-order valence-corrected chi connectivity index (χ4v) is 2.18. The zero-order chi connectivity index (χ0) is 15.2. The highest BCUT2D eigenvalue weighted by atomic mass is 16.5. The van der Waals surface area contributed by atoms with Gasteiger partial charge in [0, 0.05) is 26.3 Å². The maximum absolute atomic E-state index is 11.8. The summed E-state index contributed by atoms with van der Waals surface area (Å²) in [6.07, 6.45) is 1.47. The second-order valence-corrected chi connectivity index (χ2v) is 4.69. The van der Waals surface area contributed by atoms with E-state index in [0.717, 1.165) is 5.69 Å². The average molecular weight is 293 g/mol. The predicted molar refractivity (Wildman–Crippen MR) is 75.0 cm³/mol. The average Bonchev–Trinajstić information content (AvgIpc) is 2.54. The molecule has 0 bridgehead atoms. The molecule has 114 valence electrons. The van der Waals surface area contributed by atoms with Crippen LogP contribution in [-0.2, 0) is 16.1 Å². The molecule has 8 heteroatoms. The molecule has 1 aliphatic heterocycles. The van der Waals surface area contributed by atoms with E-state index in [1.807, 2.05) is 4.90 Å². The van der Waals surface area contributed by atoms with Crippen molar-refractivity contribution < 1.29 is 14.3 Å². The van der Waals surface area contributed by atoms with Crippen LogP contribution in [0.15, 0.2) is 18.3 Å². The first-order valence-electron chi connectivity index (χ1n) is 6.65. The third-order valence-electron chi connectivity index (χ3n) is 3.37. The maximum Gasteiger partial charge on any atom is 0.266 e. The second-order valence-electron chi connectivity index (χ2n) is 4.69. The Labute approximate surface area is 122 Å². The smallest absolute Gasteiger partial charge is 0.266 e. The fraction of sp³-hybridized carbons (Fsp3) is 0.462. The number of carbonyl (C=O) groups is 2. The van der Waals surface area contributed by atoms with Crippen molar-refractivity contribution in [2.24, 2.45) is 5.84 Å². The van der Waals surface area contributed by atoms with Crippen LogP contribution in [0.5, 0.6) is 0 Å². The number of morpholine rings is 1. The number of amides is 2. The lowest BCUT2D eigenvalue weighted by Gasteiger charge is -2.33. The number of likely N-dealkylation sites (N-methyl/N-ethyl adjacent to an activating group) is 1. The van der Waals surface area contributed by atoms with E-state index in [9.17, 15) is 9.59 Å². The van der Waals surface area contributed by atoms with Gasteiger partial charge in [0.05, 0.1) is 24.5 Å². The zero-order valence-corrected chi connectivity index (χ0v) is 11.8. The van der Waals surface area contributed by atoms with E-state index in [-0.39, 0.29) is 17.9 Å². The molecule has 21 heavy (non-hydrogen) atoms. The Bertz CT molecular complexity index is 505. The number of nitrogens with one attached hydrogen (secondary N) is 2. The summed E-state index contributed by atoms with van der Waals surface area (Å²) in [6.45, 7) is 2.13. The monoisotopic (exact) mass is 293 g/mol. The van der Waals surface area contributed by atoms with Gasteiger partial charge in [-0.15, -0.1) is 0 Å². The number of carbonyl (C=O) groups excluding carboxylic acids is 2. The summed E-state index contributed by atoms with van der Waals surface area (Å²) in [5.41, 5.74) is 3.22. The van der Waals surface area contributed by atoms with Gasteiger partial charge < -0.3 is 10.1 Å². The highest BCUT2D eigenvalue weighted by Crippen LogP contribution is 2.12. The molecule has 1 aromatic rings. The molecule has 2 amide bonds. The first-order valence-corrected chi connectivity index (χ1v) is 6.65. The Morgan fingerprint density at radius 1 is 1.52 bits per heavy atom. The fourth-order valence-electron chi connectivity index (χ4n) is 2.18. The summed E-state index contributed by atoms with van der Waals surface area (Å²) >= 11 is 0. The largest absolute Gasteiger partial charge is 0.378 e. The summed E-state index contributed by atoms with van der Waals surface area (Å²) in [4.78, 5) is 29.4. The van der Waals surface area contributed by atoms with Crippen LogP contribution in [0.1, 0.15) is 16.1 Å². The Morgan fingerprint density at radius 3 is 2.95 bits per heavy atom. The maximum atomic E-state index is 11.8. The molecular weight excluding hydrogens is 274 g/mol. The number of nitrogens with zero attached hydrogens (tertiary/aromatic N) is 2. The Morgan fingerprint density at radius 2 is 2.33 bits per heavy atom. The van der Waals surface area contributed by atoms with E-state index in [1.165, 1.54) is 6.20 Å². The summed E-state index contributed by atoms with van der Waals surface area (Å²) in [5.74, 6) is 4.60. The Balaban J connectivity index is 2.05. The van der Waals surface area contributed by atoms with Crippen LogP contribution in [0.25, 0.3) is 0 Å². The standard InChI is InChI=1S/C13H19N5O3/c1-15-13(20)11-8-21-5-4-18(11)7-10-3-2-9(6-16-10)12(19)17-14/h2-3,6,11H,4-5,7-8,14H2,1H3,(H,15,20)(H,17,19). The lowest BCUT2D eigenvalue weighted by atomic mass is 10.2. The van der Waals surface area contributed by atoms with Gasteiger partial charge in [-0.3, -0.25) is 24.9 Å². The van der Waals surface area contributed by atoms with Crippen LogP contribution < -0.4 is 16.6 Å². The number of hydrogen-bond acceptors (Lipinski definition) is 6. The van der Waals surface area contributed by atoms with Gasteiger partial charge in [-0.25, -0.2) is 5.84 Å². The molecule has 0 spiro atoms. The number of ether oxygens (including phenoxy) is 1. The first-order chi connectivity index (χ1) is 10.2. The van der Waals surface area contributed by atoms with Gasteiger partial charge in [-0.2, -0.15) is 0 Å². The highest BCUT2D eigenvalue weighted by molar-refractivity contribution is 5.93. The molecule has 2 heterocycles. The molecule has 2 rings (SSSR count). The van der Waals surface area contributed by atoms with Crippen molar-refractivity contribution in [1.82, 2.24) is 20.6 Å². The van der Waals surface area contributed by atoms with Gasteiger partial charge in [-0.05, 0) is 12.1 Å². The molecule has 0 radical (unpaired) electrons. The van der Waals surface area contributed by atoms with Crippen LogP contribution in [0, 0.1) is 0 Å². The molecule has 1 aromatic heterocycles. The normalized spacial score (nSPS) is 19.0. The number of hydrazine groups is 1. The summed E-state index contributed by atoms with van der Waals surface area (Å²) in [6, 6.07) is 3.08. The van der Waals surface area contributed by atoms with E-state index in [1.54, 1.807) is 19.2 Å². The van der Waals surface area contributed by atoms with Gasteiger partial charge in [0.25, 0.3) is 5.91 Å². The number of nitrogens with two attached hydrogens (primary N) is 1. The van der Waals surface area contributed by atoms with Crippen LogP contribution in [0.3, 0.4) is 0 Å². The van der Waals surface area contributed by atoms with E-state index >= 15 is 0 Å². The Hall–Kier alpha value is -2.03. The van der Waals surface area contributed by atoms with Crippen LogP contribution in [0.4, 0.5) is 0 Å². The topological polar surface area (TPSA) is 110 Å². The number of nitrogen functional groups attached to an aromatic ring is 1. The molecule has 4 N–H and O–H groups in total. The van der Waals surface area contributed by atoms with Crippen LogP contribution in [-0.4, -0.2) is 54.5 Å². The van der Waals surface area contributed by atoms with Crippen LogP contribution >= 0.6 is 0 Å². The van der Waals surface area contributed by atoms with Crippen molar-refractivity contribution in [3.05, 3.63) is 29.6 Å². The number of hydrogen-bond donors (Lipinski definition) is 3.